The van der Waals surface area contributed by atoms with E-state index in [4.69, 9.17) is 9.47 Å². The van der Waals surface area contributed by atoms with Crippen molar-refractivity contribution in [2.45, 2.75) is 31.8 Å². The molecule has 3 rings (SSSR count). The van der Waals surface area contributed by atoms with Crippen LogP contribution in [0.25, 0.3) is 0 Å². The van der Waals surface area contributed by atoms with E-state index in [1.807, 2.05) is 21.8 Å². The van der Waals surface area contributed by atoms with Gasteiger partial charge in [0.1, 0.15) is 0 Å². The largest absolute Gasteiger partial charge is 0.385 e. The minimum atomic E-state index is 0.122. The minimum absolute atomic E-state index is 0.122. The second-order valence-electron chi connectivity index (χ2n) is 5.81. The van der Waals surface area contributed by atoms with Gasteiger partial charge in [-0.3, -0.25) is 9.48 Å². The number of rotatable bonds is 4. The number of hydrogen-bond donors (Lipinski definition) is 0. The van der Waals surface area contributed by atoms with E-state index in [1.54, 1.807) is 7.11 Å². The summed E-state index contributed by atoms with van der Waals surface area (Å²) >= 11 is 0. The SMILES string of the molecule is COCCC1CN(C(=O)C2CCOCC2)Cc2ccnn21. The van der Waals surface area contributed by atoms with E-state index in [9.17, 15) is 4.79 Å². The average Bonchev–Trinajstić information content (AvgIpc) is 3.01. The Labute approximate surface area is 125 Å². The smallest absolute Gasteiger partial charge is 0.226 e. The molecule has 1 unspecified atom stereocenters. The van der Waals surface area contributed by atoms with Gasteiger partial charge < -0.3 is 14.4 Å². The lowest BCUT2D eigenvalue weighted by atomic mass is 9.97. The summed E-state index contributed by atoms with van der Waals surface area (Å²) in [6.07, 6.45) is 4.38. The van der Waals surface area contributed by atoms with Crippen LogP contribution < -0.4 is 0 Å². The van der Waals surface area contributed by atoms with E-state index in [0.29, 0.717) is 26.4 Å². The van der Waals surface area contributed by atoms with Crippen LogP contribution in [0.15, 0.2) is 12.3 Å². The molecule has 1 fully saturated rings. The van der Waals surface area contributed by atoms with E-state index in [1.165, 1.54) is 0 Å². The van der Waals surface area contributed by atoms with Gasteiger partial charge in [0.2, 0.25) is 5.91 Å². The fourth-order valence-electron chi connectivity index (χ4n) is 3.23. The van der Waals surface area contributed by atoms with E-state index >= 15 is 0 Å². The maximum absolute atomic E-state index is 12.7. The number of amides is 1. The van der Waals surface area contributed by atoms with Crippen LogP contribution in [0, 0.1) is 5.92 Å². The van der Waals surface area contributed by atoms with Crippen LogP contribution in [-0.2, 0) is 20.8 Å². The van der Waals surface area contributed by atoms with Crippen molar-refractivity contribution in [1.82, 2.24) is 14.7 Å². The van der Waals surface area contributed by atoms with Gasteiger partial charge >= 0.3 is 0 Å². The molecule has 2 aliphatic heterocycles. The van der Waals surface area contributed by atoms with E-state index < -0.39 is 0 Å². The van der Waals surface area contributed by atoms with Gasteiger partial charge in [-0.2, -0.15) is 5.10 Å². The van der Waals surface area contributed by atoms with Crippen molar-refractivity contribution < 1.29 is 14.3 Å². The molecule has 0 radical (unpaired) electrons. The first kappa shape index (κ1) is 14.5. The zero-order valence-electron chi connectivity index (χ0n) is 12.5. The Bertz CT molecular complexity index is 482. The molecule has 1 aromatic rings. The van der Waals surface area contributed by atoms with Crippen molar-refractivity contribution >= 4 is 5.91 Å². The van der Waals surface area contributed by atoms with Crippen molar-refractivity contribution in [3.05, 3.63) is 18.0 Å². The van der Waals surface area contributed by atoms with Crippen LogP contribution >= 0.6 is 0 Å². The van der Waals surface area contributed by atoms with Crippen LogP contribution in [0.2, 0.25) is 0 Å². The molecule has 2 aliphatic rings. The Morgan fingerprint density at radius 3 is 3.05 bits per heavy atom. The second kappa shape index (κ2) is 6.58. The molecule has 1 amide bonds. The highest BCUT2D eigenvalue weighted by atomic mass is 16.5. The Balaban J connectivity index is 1.71. The minimum Gasteiger partial charge on any atom is -0.385 e. The third-order valence-electron chi connectivity index (χ3n) is 4.42. The molecule has 0 N–H and O–H groups in total. The molecule has 116 valence electrons. The summed E-state index contributed by atoms with van der Waals surface area (Å²) in [5.41, 5.74) is 1.11. The van der Waals surface area contributed by atoms with Crippen molar-refractivity contribution in [1.29, 1.82) is 0 Å². The lowest BCUT2D eigenvalue weighted by molar-refractivity contribution is -0.140. The van der Waals surface area contributed by atoms with Crippen LogP contribution in [0.4, 0.5) is 0 Å². The van der Waals surface area contributed by atoms with E-state index in [0.717, 1.165) is 31.5 Å². The fourth-order valence-corrected chi connectivity index (χ4v) is 3.23. The van der Waals surface area contributed by atoms with Gasteiger partial charge in [0.25, 0.3) is 0 Å². The molecule has 1 saturated heterocycles. The zero-order valence-corrected chi connectivity index (χ0v) is 12.5. The number of carbonyl (C=O) groups is 1. The van der Waals surface area contributed by atoms with Crippen molar-refractivity contribution in [3.8, 4) is 0 Å². The summed E-state index contributed by atoms with van der Waals surface area (Å²) < 4.78 is 12.6. The third kappa shape index (κ3) is 3.11. The standard InChI is InChI=1S/C15H23N3O3/c1-20-7-5-14-11-17(10-13-2-6-16-18(13)14)15(19)12-3-8-21-9-4-12/h2,6,12,14H,3-5,7-11H2,1H3. The molecule has 3 heterocycles. The number of aromatic nitrogens is 2. The first-order valence-electron chi connectivity index (χ1n) is 7.67. The van der Waals surface area contributed by atoms with Crippen molar-refractivity contribution in [3.63, 3.8) is 0 Å². The molecule has 0 aromatic carbocycles. The Morgan fingerprint density at radius 1 is 1.48 bits per heavy atom. The molecule has 1 atom stereocenters. The topological polar surface area (TPSA) is 56.6 Å². The first-order chi connectivity index (χ1) is 10.3. The zero-order chi connectivity index (χ0) is 14.7. The summed E-state index contributed by atoms with van der Waals surface area (Å²) in [6.45, 7) is 3.49. The summed E-state index contributed by atoms with van der Waals surface area (Å²) in [6, 6.07) is 2.22. The summed E-state index contributed by atoms with van der Waals surface area (Å²) in [7, 11) is 1.71. The molecular formula is C15H23N3O3. The first-order valence-corrected chi connectivity index (χ1v) is 7.67. The Hall–Kier alpha value is -1.40. The molecule has 21 heavy (non-hydrogen) atoms. The molecule has 1 aromatic heterocycles. The number of ether oxygens (including phenoxy) is 2. The van der Waals surface area contributed by atoms with Crippen LogP contribution in [0.3, 0.4) is 0 Å². The summed E-state index contributed by atoms with van der Waals surface area (Å²) in [5, 5.41) is 4.40. The fraction of sp³-hybridized carbons (Fsp3) is 0.733. The number of methoxy groups -OCH3 is 1. The van der Waals surface area contributed by atoms with E-state index in [2.05, 4.69) is 5.10 Å². The molecule has 6 nitrogen and oxygen atoms in total. The number of carbonyl (C=O) groups excluding carboxylic acids is 1. The van der Waals surface area contributed by atoms with E-state index in [-0.39, 0.29) is 17.9 Å². The molecule has 0 bridgehead atoms. The Morgan fingerprint density at radius 2 is 2.29 bits per heavy atom. The molecule has 0 spiro atoms. The van der Waals surface area contributed by atoms with Crippen LogP contribution in [0.5, 0.6) is 0 Å². The van der Waals surface area contributed by atoms with Crippen molar-refractivity contribution in [2.24, 2.45) is 5.92 Å². The highest BCUT2D eigenvalue weighted by Gasteiger charge is 2.32. The highest BCUT2D eigenvalue weighted by Crippen LogP contribution is 2.26. The van der Waals surface area contributed by atoms with Gasteiger partial charge in [0.15, 0.2) is 0 Å². The second-order valence-corrected chi connectivity index (χ2v) is 5.81. The van der Waals surface area contributed by atoms with Crippen LogP contribution in [-0.4, -0.2) is 54.1 Å². The lowest BCUT2D eigenvalue weighted by Crippen LogP contribution is -2.45. The van der Waals surface area contributed by atoms with Gasteiger partial charge in [-0.05, 0) is 25.3 Å². The van der Waals surface area contributed by atoms with Gasteiger partial charge in [-0.1, -0.05) is 0 Å². The maximum Gasteiger partial charge on any atom is 0.226 e. The summed E-state index contributed by atoms with van der Waals surface area (Å²) in [5.74, 6) is 0.393. The number of hydrogen-bond acceptors (Lipinski definition) is 4. The summed E-state index contributed by atoms with van der Waals surface area (Å²) in [4.78, 5) is 14.7. The molecule has 6 heteroatoms. The highest BCUT2D eigenvalue weighted by molar-refractivity contribution is 5.79. The maximum atomic E-state index is 12.7. The number of nitrogens with zero attached hydrogens (tertiary/aromatic N) is 3. The Kier molecular flexibility index (Phi) is 4.55. The monoisotopic (exact) mass is 293 g/mol. The van der Waals surface area contributed by atoms with Gasteiger partial charge in [-0.15, -0.1) is 0 Å². The lowest BCUT2D eigenvalue weighted by Gasteiger charge is -2.36. The molecule has 0 aliphatic carbocycles. The van der Waals surface area contributed by atoms with Gasteiger partial charge in [0.05, 0.1) is 18.3 Å². The quantitative estimate of drug-likeness (QED) is 0.838. The normalized spacial score (nSPS) is 23.1. The van der Waals surface area contributed by atoms with Crippen LogP contribution in [0.1, 0.15) is 31.0 Å². The predicted molar refractivity (Wildman–Crippen MR) is 76.7 cm³/mol. The van der Waals surface area contributed by atoms with Crippen molar-refractivity contribution in [2.75, 3.05) is 33.5 Å². The predicted octanol–water partition coefficient (Wildman–Crippen LogP) is 1.23. The number of fused-ring (bicyclic) bond motifs is 1. The van der Waals surface area contributed by atoms with Gasteiger partial charge in [0, 0.05) is 45.6 Å². The van der Waals surface area contributed by atoms with Gasteiger partial charge in [-0.25, -0.2) is 0 Å². The third-order valence-corrected chi connectivity index (χ3v) is 4.42. The average molecular weight is 293 g/mol. The molecule has 0 saturated carbocycles. The molecular weight excluding hydrogens is 270 g/mol.